The summed E-state index contributed by atoms with van der Waals surface area (Å²) in [4.78, 5) is 0. The summed E-state index contributed by atoms with van der Waals surface area (Å²) in [7, 11) is -1.42. The lowest BCUT2D eigenvalue weighted by Gasteiger charge is -2.06. The highest BCUT2D eigenvalue weighted by Crippen LogP contribution is 2.16. The van der Waals surface area contributed by atoms with Crippen molar-refractivity contribution >= 4 is 41.2 Å². The summed E-state index contributed by atoms with van der Waals surface area (Å²) >= 11 is 17.4. The van der Waals surface area contributed by atoms with Crippen LogP contribution in [-0.2, 0) is 12.3 Å². The summed E-state index contributed by atoms with van der Waals surface area (Å²) in [6.45, 7) is 0. The molecule has 0 saturated carbocycles. The Bertz CT molecular complexity index is 276. The molecule has 0 unspecified atom stereocenters. The molecule has 0 aromatic heterocycles. The predicted octanol–water partition coefficient (Wildman–Crippen LogP) is 4.06. The van der Waals surface area contributed by atoms with E-state index in [0.29, 0.717) is 5.88 Å². The Labute approximate surface area is 101 Å². The van der Waals surface area contributed by atoms with Crippen molar-refractivity contribution in [2.75, 3.05) is 0 Å². The van der Waals surface area contributed by atoms with Gasteiger partial charge in [0, 0.05) is 5.88 Å². The van der Waals surface area contributed by atoms with Crippen LogP contribution in [0.1, 0.15) is 17.5 Å². The molecule has 0 radical (unpaired) electrons. The van der Waals surface area contributed by atoms with E-state index in [-0.39, 0.29) is 0 Å². The minimum Gasteiger partial charge on any atom is -0.150 e. The van der Waals surface area contributed by atoms with E-state index in [1.807, 2.05) is 12.1 Å². The van der Waals surface area contributed by atoms with Crippen LogP contribution >= 0.6 is 33.8 Å². The monoisotopic (exact) mass is 266 g/mol. The van der Waals surface area contributed by atoms with E-state index in [4.69, 9.17) is 33.8 Å². The largest absolute Gasteiger partial charge is 0.237 e. The maximum atomic E-state index is 5.83. The first-order chi connectivity index (χ1) is 6.74. The molecule has 1 aromatic carbocycles. The maximum Gasteiger partial charge on any atom is 0.237 e. The molecule has 0 fully saturated rings. The fraction of sp³-hybridized carbons (Fsp3) is 0.400. The molecule has 1 rings (SSSR count). The molecule has 0 spiro atoms. The minimum atomic E-state index is -1.42. The lowest BCUT2D eigenvalue weighted by molar-refractivity contribution is 0.906. The second-order valence-corrected chi connectivity index (χ2v) is 8.64. The van der Waals surface area contributed by atoms with Crippen LogP contribution in [0.15, 0.2) is 24.3 Å². The number of hydrogen-bond donors (Lipinski definition) is 0. The molecule has 14 heavy (non-hydrogen) atoms. The molecule has 0 aliphatic rings. The van der Waals surface area contributed by atoms with Crippen LogP contribution in [0, 0.1) is 0 Å². The fourth-order valence-electron chi connectivity index (χ4n) is 1.38. The first-order valence-corrected chi connectivity index (χ1v) is 9.49. The standard InChI is InChI=1S/C10H13Cl3Si/c11-8-10-5-2-1-4-9(10)6-3-7-14(12)13/h1-2,4-5,14H,3,6-8H2. The molecule has 0 heterocycles. The Morgan fingerprint density at radius 1 is 1.07 bits per heavy atom. The molecular formula is C10H13Cl3Si. The highest BCUT2D eigenvalue weighted by molar-refractivity contribution is 7.33. The highest BCUT2D eigenvalue weighted by Gasteiger charge is 2.04. The van der Waals surface area contributed by atoms with Crippen LogP contribution in [0.4, 0.5) is 0 Å². The molecule has 78 valence electrons. The van der Waals surface area contributed by atoms with Crippen LogP contribution < -0.4 is 0 Å². The van der Waals surface area contributed by atoms with E-state index in [1.54, 1.807) is 0 Å². The van der Waals surface area contributed by atoms with Crippen molar-refractivity contribution in [3.05, 3.63) is 35.4 Å². The van der Waals surface area contributed by atoms with Crippen LogP contribution in [0.25, 0.3) is 0 Å². The van der Waals surface area contributed by atoms with Crippen molar-refractivity contribution in [3.8, 4) is 0 Å². The number of rotatable bonds is 5. The molecule has 0 aliphatic carbocycles. The van der Waals surface area contributed by atoms with E-state index in [9.17, 15) is 0 Å². The summed E-state index contributed by atoms with van der Waals surface area (Å²) in [6.07, 6.45) is 2.10. The first kappa shape index (κ1) is 12.4. The molecule has 0 atom stereocenters. The summed E-state index contributed by atoms with van der Waals surface area (Å²) in [5.41, 5.74) is 2.54. The van der Waals surface area contributed by atoms with Gasteiger partial charge in [0.05, 0.1) is 0 Å². The van der Waals surface area contributed by atoms with E-state index < -0.39 is 7.42 Å². The van der Waals surface area contributed by atoms with Crippen LogP contribution in [0.2, 0.25) is 6.04 Å². The lowest BCUT2D eigenvalue weighted by Crippen LogP contribution is -1.96. The minimum absolute atomic E-state index is 0.582. The molecule has 0 N–H and O–H groups in total. The van der Waals surface area contributed by atoms with Crippen molar-refractivity contribution in [1.29, 1.82) is 0 Å². The average Bonchev–Trinajstić information content (AvgIpc) is 2.18. The van der Waals surface area contributed by atoms with Crippen molar-refractivity contribution < 1.29 is 0 Å². The van der Waals surface area contributed by atoms with Crippen LogP contribution in [0.5, 0.6) is 0 Å². The van der Waals surface area contributed by atoms with Gasteiger partial charge >= 0.3 is 0 Å². The fourth-order valence-corrected chi connectivity index (χ4v) is 3.08. The number of aryl methyl sites for hydroxylation is 1. The Hall–Kier alpha value is 0.307. The number of alkyl halides is 1. The van der Waals surface area contributed by atoms with Gasteiger partial charge in [-0.3, -0.25) is 0 Å². The maximum absolute atomic E-state index is 5.83. The Balaban J connectivity index is 2.49. The highest BCUT2D eigenvalue weighted by atomic mass is 35.7. The van der Waals surface area contributed by atoms with Gasteiger partial charge in [0.2, 0.25) is 7.42 Å². The van der Waals surface area contributed by atoms with E-state index in [1.165, 1.54) is 11.1 Å². The molecule has 1 aromatic rings. The van der Waals surface area contributed by atoms with Gasteiger partial charge < -0.3 is 0 Å². The third kappa shape index (κ3) is 4.22. The van der Waals surface area contributed by atoms with Gasteiger partial charge in [-0.1, -0.05) is 24.3 Å². The van der Waals surface area contributed by atoms with Crippen LogP contribution in [0.3, 0.4) is 0 Å². The van der Waals surface area contributed by atoms with Crippen molar-refractivity contribution in [3.63, 3.8) is 0 Å². The number of benzene rings is 1. The number of halogens is 3. The lowest BCUT2D eigenvalue weighted by atomic mass is 10.0. The molecule has 0 nitrogen and oxygen atoms in total. The quantitative estimate of drug-likeness (QED) is 0.429. The molecule has 0 saturated heterocycles. The SMILES string of the molecule is ClCc1ccccc1CCC[SiH](Cl)Cl. The van der Waals surface area contributed by atoms with Crippen molar-refractivity contribution in [2.24, 2.45) is 0 Å². The van der Waals surface area contributed by atoms with E-state index >= 15 is 0 Å². The normalized spacial score (nSPS) is 10.9. The molecule has 4 heteroatoms. The van der Waals surface area contributed by atoms with Gasteiger partial charge in [0.1, 0.15) is 0 Å². The number of hydrogen-bond acceptors (Lipinski definition) is 0. The predicted molar refractivity (Wildman–Crippen MR) is 68.0 cm³/mol. The molecular weight excluding hydrogens is 255 g/mol. The van der Waals surface area contributed by atoms with Crippen molar-refractivity contribution in [1.82, 2.24) is 0 Å². The summed E-state index contributed by atoms with van der Waals surface area (Å²) < 4.78 is 0. The summed E-state index contributed by atoms with van der Waals surface area (Å²) in [5, 5.41) is 0. The zero-order chi connectivity index (χ0) is 10.4. The van der Waals surface area contributed by atoms with Gasteiger partial charge in [-0.2, -0.15) is 22.2 Å². The second kappa shape index (κ2) is 6.73. The van der Waals surface area contributed by atoms with E-state index in [0.717, 1.165) is 18.9 Å². The molecule has 0 amide bonds. The van der Waals surface area contributed by atoms with Gasteiger partial charge in [-0.25, -0.2) is 0 Å². The van der Waals surface area contributed by atoms with Crippen LogP contribution in [-0.4, -0.2) is 7.42 Å². The van der Waals surface area contributed by atoms with E-state index in [2.05, 4.69) is 12.1 Å². The van der Waals surface area contributed by atoms with Gasteiger partial charge in [-0.15, -0.1) is 11.6 Å². The van der Waals surface area contributed by atoms with Crippen molar-refractivity contribution in [2.45, 2.75) is 24.8 Å². The molecule has 0 bridgehead atoms. The zero-order valence-electron chi connectivity index (χ0n) is 7.85. The smallest absolute Gasteiger partial charge is 0.150 e. The first-order valence-electron chi connectivity index (χ1n) is 4.65. The summed E-state index contributed by atoms with van der Waals surface area (Å²) in [6, 6.07) is 9.22. The summed E-state index contributed by atoms with van der Waals surface area (Å²) in [5.74, 6) is 0.582. The Morgan fingerprint density at radius 3 is 2.29 bits per heavy atom. The Kier molecular flexibility index (Phi) is 5.95. The molecule has 0 aliphatic heterocycles. The third-order valence-electron chi connectivity index (χ3n) is 2.13. The third-order valence-corrected chi connectivity index (χ3v) is 4.57. The second-order valence-electron chi connectivity index (χ2n) is 3.19. The van der Waals surface area contributed by atoms with Gasteiger partial charge in [0.15, 0.2) is 0 Å². The zero-order valence-corrected chi connectivity index (χ0v) is 11.3. The van der Waals surface area contributed by atoms with Gasteiger partial charge in [-0.05, 0) is 30.0 Å². The average molecular weight is 268 g/mol. The topological polar surface area (TPSA) is 0 Å². The Morgan fingerprint density at radius 2 is 1.71 bits per heavy atom. The van der Waals surface area contributed by atoms with Gasteiger partial charge in [0.25, 0.3) is 0 Å².